The molecule has 0 unspecified atom stereocenters. The fourth-order valence-corrected chi connectivity index (χ4v) is 1.85. The van der Waals surface area contributed by atoms with Crippen molar-refractivity contribution in [1.29, 1.82) is 0 Å². The lowest BCUT2D eigenvalue weighted by Gasteiger charge is -2.13. The average Bonchev–Trinajstić information content (AvgIpc) is 2.47. The summed E-state index contributed by atoms with van der Waals surface area (Å²) in [7, 11) is 0. The molecule has 0 aromatic heterocycles. The third-order valence-corrected chi connectivity index (χ3v) is 2.85. The molecule has 1 atom stereocenters. The lowest BCUT2D eigenvalue weighted by Crippen LogP contribution is -2.21. The van der Waals surface area contributed by atoms with Gasteiger partial charge in [0.05, 0.1) is 6.61 Å². The molecule has 0 amide bonds. The quantitative estimate of drug-likeness (QED) is 0.833. The van der Waals surface area contributed by atoms with Crippen LogP contribution in [0.25, 0.3) is 0 Å². The standard InChI is InChI=1S/C16H18O3/c17-11-15(18)12-19-16-9-5-4-8-14(16)10-13-6-2-1-3-7-13/h1-9,15,17-18H,10-12H2/t15-/m1/s1. The van der Waals surface area contributed by atoms with Crippen LogP contribution < -0.4 is 4.74 Å². The molecule has 0 saturated heterocycles. The largest absolute Gasteiger partial charge is 0.491 e. The van der Waals surface area contributed by atoms with E-state index < -0.39 is 6.10 Å². The molecule has 2 aromatic rings. The number of rotatable bonds is 6. The molecular formula is C16H18O3. The van der Waals surface area contributed by atoms with E-state index in [9.17, 15) is 5.11 Å². The average molecular weight is 258 g/mol. The van der Waals surface area contributed by atoms with Crippen LogP contribution in [0, 0.1) is 0 Å². The molecule has 0 aliphatic carbocycles. The Labute approximate surface area is 113 Å². The highest BCUT2D eigenvalue weighted by atomic mass is 16.5. The van der Waals surface area contributed by atoms with Crippen molar-refractivity contribution in [3.63, 3.8) is 0 Å². The summed E-state index contributed by atoms with van der Waals surface area (Å²) >= 11 is 0. The van der Waals surface area contributed by atoms with E-state index in [0.717, 1.165) is 17.7 Å². The summed E-state index contributed by atoms with van der Waals surface area (Å²) in [6.45, 7) is -0.191. The van der Waals surface area contributed by atoms with Crippen molar-refractivity contribution >= 4 is 0 Å². The summed E-state index contributed by atoms with van der Waals surface area (Å²) in [5, 5.41) is 18.1. The third kappa shape index (κ3) is 4.09. The van der Waals surface area contributed by atoms with Gasteiger partial charge < -0.3 is 14.9 Å². The molecule has 100 valence electrons. The summed E-state index contributed by atoms with van der Waals surface area (Å²) in [5.41, 5.74) is 2.28. The molecule has 0 spiro atoms. The van der Waals surface area contributed by atoms with E-state index in [4.69, 9.17) is 9.84 Å². The predicted molar refractivity (Wildman–Crippen MR) is 74.3 cm³/mol. The second kappa shape index (κ2) is 6.92. The van der Waals surface area contributed by atoms with Crippen LogP contribution in [0.4, 0.5) is 0 Å². The molecule has 19 heavy (non-hydrogen) atoms. The Morgan fingerprint density at radius 3 is 2.37 bits per heavy atom. The Balaban J connectivity index is 2.08. The minimum absolute atomic E-state index is 0.0995. The molecule has 2 aromatic carbocycles. The van der Waals surface area contributed by atoms with E-state index in [1.54, 1.807) is 0 Å². The van der Waals surface area contributed by atoms with Gasteiger partial charge in [0.1, 0.15) is 18.5 Å². The van der Waals surface area contributed by atoms with Crippen LogP contribution in [0.2, 0.25) is 0 Å². The summed E-state index contributed by atoms with van der Waals surface area (Å²) in [5.74, 6) is 0.749. The summed E-state index contributed by atoms with van der Waals surface area (Å²) in [6.07, 6.45) is -0.0588. The molecule has 0 heterocycles. The molecule has 3 heteroatoms. The van der Waals surface area contributed by atoms with Crippen molar-refractivity contribution in [3.05, 3.63) is 65.7 Å². The Morgan fingerprint density at radius 2 is 1.63 bits per heavy atom. The molecule has 0 aliphatic rings. The van der Waals surface area contributed by atoms with Crippen LogP contribution in [-0.4, -0.2) is 29.5 Å². The Kier molecular flexibility index (Phi) is 4.95. The number of para-hydroxylation sites is 1. The van der Waals surface area contributed by atoms with Crippen molar-refractivity contribution in [2.24, 2.45) is 0 Å². The number of ether oxygens (including phenoxy) is 1. The zero-order valence-electron chi connectivity index (χ0n) is 10.7. The van der Waals surface area contributed by atoms with Gasteiger partial charge in [-0.2, -0.15) is 0 Å². The van der Waals surface area contributed by atoms with Crippen molar-refractivity contribution in [1.82, 2.24) is 0 Å². The molecule has 0 aliphatic heterocycles. The molecule has 0 fully saturated rings. The van der Waals surface area contributed by atoms with E-state index in [1.807, 2.05) is 42.5 Å². The first kappa shape index (κ1) is 13.6. The SMILES string of the molecule is OC[C@@H](O)COc1ccccc1Cc1ccccc1. The first-order chi connectivity index (χ1) is 9.29. The summed E-state index contributed by atoms with van der Waals surface area (Å²) in [4.78, 5) is 0. The maximum atomic E-state index is 9.32. The van der Waals surface area contributed by atoms with Crippen LogP contribution >= 0.6 is 0 Å². The summed E-state index contributed by atoms with van der Waals surface area (Å²) in [6, 6.07) is 17.9. The molecule has 0 saturated carbocycles. The number of hydrogen-bond donors (Lipinski definition) is 2. The van der Waals surface area contributed by atoms with Crippen molar-refractivity contribution < 1.29 is 14.9 Å². The topological polar surface area (TPSA) is 49.7 Å². The molecule has 2 rings (SSSR count). The number of aliphatic hydroxyl groups excluding tert-OH is 2. The molecule has 3 nitrogen and oxygen atoms in total. The van der Waals surface area contributed by atoms with E-state index >= 15 is 0 Å². The highest BCUT2D eigenvalue weighted by Crippen LogP contribution is 2.21. The van der Waals surface area contributed by atoms with Crippen LogP contribution in [0.1, 0.15) is 11.1 Å². The lowest BCUT2D eigenvalue weighted by atomic mass is 10.0. The van der Waals surface area contributed by atoms with Gasteiger partial charge in [-0.05, 0) is 17.2 Å². The second-order valence-electron chi connectivity index (χ2n) is 4.42. The molecular weight excluding hydrogens is 240 g/mol. The smallest absolute Gasteiger partial charge is 0.122 e. The Morgan fingerprint density at radius 1 is 0.947 bits per heavy atom. The number of aliphatic hydroxyl groups is 2. The van der Waals surface area contributed by atoms with Gasteiger partial charge in [-0.1, -0.05) is 48.5 Å². The first-order valence-electron chi connectivity index (χ1n) is 6.33. The molecule has 0 bridgehead atoms. The van der Waals surface area contributed by atoms with Gasteiger partial charge in [-0.15, -0.1) is 0 Å². The van der Waals surface area contributed by atoms with Crippen molar-refractivity contribution in [3.8, 4) is 5.75 Å². The van der Waals surface area contributed by atoms with Gasteiger partial charge in [-0.25, -0.2) is 0 Å². The van der Waals surface area contributed by atoms with Gasteiger partial charge in [0.25, 0.3) is 0 Å². The zero-order chi connectivity index (χ0) is 13.5. The number of benzene rings is 2. The van der Waals surface area contributed by atoms with Crippen LogP contribution in [0.3, 0.4) is 0 Å². The van der Waals surface area contributed by atoms with Crippen LogP contribution in [-0.2, 0) is 6.42 Å². The monoisotopic (exact) mass is 258 g/mol. The van der Waals surface area contributed by atoms with E-state index in [1.165, 1.54) is 5.56 Å². The molecule has 2 N–H and O–H groups in total. The summed E-state index contributed by atoms with van der Waals surface area (Å²) < 4.78 is 5.55. The number of hydrogen-bond acceptors (Lipinski definition) is 3. The highest BCUT2D eigenvalue weighted by Gasteiger charge is 2.07. The van der Waals surface area contributed by atoms with Crippen LogP contribution in [0.15, 0.2) is 54.6 Å². The van der Waals surface area contributed by atoms with E-state index in [2.05, 4.69) is 12.1 Å². The Hall–Kier alpha value is -1.84. The predicted octanol–water partition coefficient (Wildman–Crippen LogP) is 2.01. The zero-order valence-corrected chi connectivity index (χ0v) is 10.7. The lowest BCUT2D eigenvalue weighted by molar-refractivity contribution is 0.0533. The van der Waals surface area contributed by atoms with Crippen LogP contribution in [0.5, 0.6) is 5.75 Å². The second-order valence-corrected chi connectivity index (χ2v) is 4.42. The minimum Gasteiger partial charge on any atom is -0.491 e. The highest BCUT2D eigenvalue weighted by molar-refractivity contribution is 5.37. The van der Waals surface area contributed by atoms with Crippen molar-refractivity contribution in [2.75, 3.05) is 13.2 Å². The van der Waals surface area contributed by atoms with Gasteiger partial charge in [0.15, 0.2) is 0 Å². The van der Waals surface area contributed by atoms with Gasteiger partial charge in [-0.3, -0.25) is 0 Å². The molecule has 0 radical (unpaired) electrons. The Bertz CT molecular complexity index is 496. The minimum atomic E-state index is -0.843. The maximum Gasteiger partial charge on any atom is 0.122 e. The first-order valence-corrected chi connectivity index (χ1v) is 6.33. The van der Waals surface area contributed by atoms with Gasteiger partial charge in [0, 0.05) is 6.42 Å². The van der Waals surface area contributed by atoms with Crippen molar-refractivity contribution in [2.45, 2.75) is 12.5 Å². The fraction of sp³-hybridized carbons (Fsp3) is 0.250. The maximum absolute atomic E-state index is 9.32. The normalized spacial score (nSPS) is 12.1. The fourth-order valence-electron chi connectivity index (χ4n) is 1.85. The third-order valence-electron chi connectivity index (χ3n) is 2.85. The van der Waals surface area contributed by atoms with Gasteiger partial charge >= 0.3 is 0 Å². The van der Waals surface area contributed by atoms with E-state index in [0.29, 0.717) is 0 Å². The van der Waals surface area contributed by atoms with E-state index in [-0.39, 0.29) is 13.2 Å². The van der Waals surface area contributed by atoms with Gasteiger partial charge in [0.2, 0.25) is 0 Å².